The van der Waals surface area contributed by atoms with Gasteiger partial charge in [-0.3, -0.25) is 0 Å². The Balaban J connectivity index is 0.00000144. The monoisotopic (exact) mass is 220 g/mol. The summed E-state index contributed by atoms with van der Waals surface area (Å²) in [6, 6.07) is 16.6. The molecule has 0 radical (unpaired) electrons. The first-order valence-corrected chi connectivity index (χ1v) is 5.16. The summed E-state index contributed by atoms with van der Waals surface area (Å²) in [5, 5.41) is 12.1. The Kier molecular flexibility index (Phi) is 5.31. The number of rotatable bonds is 3. The predicted molar refractivity (Wildman–Crippen MR) is 61.3 cm³/mol. The number of methoxy groups -OCH3 is 1. The molecule has 0 saturated carbocycles. The Morgan fingerprint density at radius 3 is 1.94 bits per heavy atom. The molecule has 0 aliphatic carbocycles. The van der Waals surface area contributed by atoms with Gasteiger partial charge in [0.2, 0.25) is 0 Å². The van der Waals surface area contributed by atoms with Crippen LogP contribution in [0, 0.1) is 0 Å². The quantitative estimate of drug-likeness (QED) is 0.631. The summed E-state index contributed by atoms with van der Waals surface area (Å²) in [6.07, 6.45) is -0.827. The molecule has 0 spiro atoms. The van der Waals surface area contributed by atoms with Crippen molar-refractivity contribution in [1.82, 2.24) is 0 Å². The van der Waals surface area contributed by atoms with E-state index in [-0.39, 0.29) is 18.9 Å². The van der Waals surface area contributed by atoms with Gasteiger partial charge >= 0.3 is 18.9 Å². The van der Waals surface area contributed by atoms with Gasteiger partial charge in [-0.15, -0.1) is 0 Å². The molecule has 0 fully saturated rings. The SMILES string of the molecule is COc1ccc(C([O-])c2ccccc2)cc1.[Li+]. The number of hydrogen-bond acceptors (Lipinski definition) is 2. The van der Waals surface area contributed by atoms with Crippen LogP contribution in [0.3, 0.4) is 0 Å². The molecule has 2 rings (SSSR count). The Bertz CT molecular complexity index is 440. The van der Waals surface area contributed by atoms with Crippen LogP contribution in [-0.2, 0) is 0 Å². The minimum atomic E-state index is -0.827. The zero-order valence-electron chi connectivity index (χ0n) is 10.1. The number of hydrogen-bond donors (Lipinski definition) is 0. The van der Waals surface area contributed by atoms with Crippen molar-refractivity contribution in [3.05, 3.63) is 65.7 Å². The molecule has 0 N–H and O–H groups in total. The molecule has 2 aromatic rings. The van der Waals surface area contributed by atoms with Crippen LogP contribution >= 0.6 is 0 Å². The Hall–Kier alpha value is -1.20. The average molecular weight is 220 g/mol. The molecule has 0 aliphatic heterocycles. The van der Waals surface area contributed by atoms with Gasteiger partial charge in [-0.2, -0.15) is 0 Å². The van der Waals surface area contributed by atoms with E-state index >= 15 is 0 Å². The molecule has 17 heavy (non-hydrogen) atoms. The molecular weight excluding hydrogens is 207 g/mol. The van der Waals surface area contributed by atoms with Gasteiger partial charge in [0.15, 0.2) is 0 Å². The molecule has 0 saturated heterocycles. The van der Waals surface area contributed by atoms with Crippen LogP contribution in [-0.4, -0.2) is 7.11 Å². The molecule has 0 amide bonds. The summed E-state index contributed by atoms with van der Waals surface area (Å²) in [5.41, 5.74) is 1.54. The second kappa shape index (κ2) is 6.51. The van der Waals surface area contributed by atoms with Crippen LogP contribution in [0.5, 0.6) is 5.75 Å². The van der Waals surface area contributed by atoms with Gasteiger partial charge in [0, 0.05) is 0 Å². The molecule has 0 aromatic heterocycles. The van der Waals surface area contributed by atoms with Crippen LogP contribution < -0.4 is 28.7 Å². The summed E-state index contributed by atoms with van der Waals surface area (Å²) >= 11 is 0. The first-order valence-electron chi connectivity index (χ1n) is 5.16. The molecule has 0 bridgehead atoms. The zero-order chi connectivity index (χ0) is 11.4. The van der Waals surface area contributed by atoms with E-state index in [4.69, 9.17) is 4.74 Å². The van der Waals surface area contributed by atoms with Crippen molar-refractivity contribution < 1.29 is 28.7 Å². The third-order valence-electron chi connectivity index (χ3n) is 2.52. The van der Waals surface area contributed by atoms with E-state index in [1.807, 2.05) is 54.6 Å². The van der Waals surface area contributed by atoms with Gasteiger partial charge in [-0.25, -0.2) is 0 Å². The molecule has 2 nitrogen and oxygen atoms in total. The van der Waals surface area contributed by atoms with Crippen molar-refractivity contribution >= 4 is 0 Å². The molecule has 1 atom stereocenters. The van der Waals surface area contributed by atoms with Crippen molar-refractivity contribution in [1.29, 1.82) is 0 Å². The summed E-state index contributed by atoms with van der Waals surface area (Å²) in [4.78, 5) is 0. The maximum atomic E-state index is 12.1. The van der Waals surface area contributed by atoms with Crippen LogP contribution in [0.2, 0.25) is 0 Å². The van der Waals surface area contributed by atoms with Gasteiger partial charge in [0.05, 0.1) is 7.11 Å². The van der Waals surface area contributed by atoms with E-state index in [1.165, 1.54) is 0 Å². The van der Waals surface area contributed by atoms with Gasteiger partial charge < -0.3 is 9.84 Å². The Morgan fingerprint density at radius 1 is 0.882 bits per heavy atom. The third-order valence-corrected chi connectivity index (χ3v) is 2.52. The van der Waals surface area contributed by atoms with Crippen molar-refractivity contribution in [2.24, 2.45) is 0 Å². The summed E-state index contributed by atoms with van der Waals surface area (Å²) in [5.74, 6) is 0.768. The maximum absolute atomic E-state index is 12.1. The van der Waals surface area contributed by atoms with Crippen molar-refractivity contribution in [2.45, 2.75) is 6.10 Å². The summed E-state index contributed by atoms with van der Waals surface area (Å²) in [7, 11) is 1.61. The molecule has 0 heterocycles. The van der Waals surface area contributed by atoms with E-state index in [0.29, 0.717) is 0 Å². The largest absolute Gasteiger partial charge is 1.00 e. The van der Waals surface area contributed by atoms with Crippen molar-refractivity contribution in [2.75, 3.05) is 7.11 Å². The molecule has 1 unspecified atom stereocenters. The topological polar surface area (TPSA) is 32.3 Å². The van der Waals surface area contributed by atoms with Crippen LogP contribution in [0.25, 0.3) is 0 Å². The molecular formula is C14H13LiO2. The molecule has 3 heteroatoms. The van der Waals surface area contributed by atoms with Gasteiger partial charge in [-0.05, 0) is 12.1 Å². The average Bonchev–Trinajstić information content (AvgIpc) is 2.39. The van der Waals surface area contributed by atoms with E-state index in [0.717, 1.165) is 16.9 Å². The van der Waals surface area contributed by atoms with E-state index < -0.39 is 6.10 Å². The Labute approximate surface area is 113 Å². The summed E-state index contributed by atoms with van der Waals surface area (Å²) < 4.78 is 5.05. The standard InChI is InChI=1S/C14H13O2.Li/c1-16-13-9-7-12(8-10-13)14(15)11-5-3-2-4-6-11;/h2-10,14H,1H3;/q-1;+1. The second-order valence-electron chi connectivity index (χ2n) is 3.56. The van der Waals surface area contributed by atoms with Gasteiger partial charge in [-0.1, -0.05) is 59.7 Å². The van der Waals surface area contributed by atoms with E-state index in [2.05, 4.69) is 0 Å². The third kappa shape index (κ3) is 3.37. The minimum absolute atomic E-state index is 0. The first kappa shape index (κ1) is 13.9. The fourth-order valence-corrected chi connectivity index (χ4v) is 1.60. The summed E-state index contributed by atoms with van der Waals surface area (Å²) in [6.45, 7) is 0. The van der Waals surface area contributed by atoms with Crippen molar-refractivity contribution in [3.63, 3.8) is 0 Å². The van der Waals surface area contributed by atoms with Crippen LogP contribution in [0.1, 0.15) is 17.2 Å². The van der Waals surface area contributed by atoms with E-state index in [1.54, 1.807) is 7.11 Å². The van der Waals surface area contributed by atoms with Crippen molar-refractivity contribution in [3.8, 4) is 5.75 Å². The van der Waals surface area contributed by atoms with Crippen LogP contribution in [0.4, 0.5) is 0 Å². The number of ether oxygens (including phenoxy) is 1. The molecule has 2 aromatic carbocycles. The fourth-order valence-electron chi connectivity index (χ4n) is 1.60. The normalized spacial score (nSPS) is 11.4. The van der Waals surface area contributed by atoms with Crippen LogP contribution in [0.15, 0.2) is 54.6 Å². The molecule has 82 valence electrons. The second-order valence-corrected chi connectivity index (χ2v) is 3.56. The fraction of sp³-hybridized carbons (Fsp3) is 0.143. The minimum Gasteiger partial charge on any atom is -0.845 e. The number of benzene rings is 2. The Morgan fingerprint density at radius 2 is 1.41 bits per heavy atom. The van der Waals surface area contributed by atoms with Gasteiger partial charge in [0.1, 0.15) is 5.75 Å². The zero-order valence-corrected chi connectivity index (χ0v) is 10.1. The predicted octanol–water partition coefficient (Wildman–Crippen LogP) is -0.851. The smallest absolute Gasteiger partial charge is 0.845 e. The first-order chi connectivity index (χ1) is 7.81. The van der Waals surface area contributed by atoms with E-state index in [9.17, 15) is 5.11 Å². The van der Waals surface area contributed by atoms with Gasteiger partial charge in [0.25, 0.3) is 0 Å². The maximum Gasteiger partial charge on any atom is 1.00 e. The molecule has 0 aliphatic rings.